The summed E-state index contributed by atoms with van der Waals surface area (Å²) in [5, 5.41) is 0. The monoisotopic (exact) mass is 434 g/mol. The molecule has 3 aliphatic heterocycles. The van der Waals surface area contributed by atoms with Gasteiger partial charge in [0.25, 0.3) is 0 Å². The summed E-state index contributed by atoms with van der Waals surface area (Å²) in [6.07, 6.45) is 14.7. The number of para-hydroxylation sites is 1. The molecule has 3 saturated carbocycles. The van der Waals surface area contributed by atoms with E-state index in [1.54, 1.807) is 11.3 Å². The van der Waals surface area contributed by atoms with E-state index in [2.05, 4.69) is 54.0 Å². The zero-order valence-corrected chi connectivity index (χ0v) is 20.3. The Labute approximate surface area is 190 Å². The van der Waals surface area contributed by atoms with Crippen molar-refractivity contribution < 1.29 is 0 Å². The van der Waals surface area contributed by atoms with Crippen molar-refractivity contribution in [1.29, 1.82) is 0 Å². The number of rotatable bonds is 1. The zero-order valence-electron chi connectivity index (χ0n) is 19.4. The Morgan fingerprint density at radius 3 is 2.23 bits per heavy atom. The molecule has 166 valence electrons. The van der Waals surface area contributed by atoms with Crippen molar-refractivity contribution in [3.8, 4) is 0 Å². The van der Waals surface area contributed by atoms with Gasteiger partial charge in [-0.25, -0.2) is 0 Å². The van der Waals surface area contributed by atoms with Crippen LogP contribution in [0, 0.1) is 5.92 Å². The van der Waals surface area contributed by atoms with Crippen LogP contribution in [0.1, 0.15) is 78.1 Å². The van der Waals surface area contributed by atoms with Gasteiger partial charge in [-0.3, -0.25) is 0 Å². The molecule has 7 rings (SSSR count). The lowest BCUT2D eigenvalue weighted by Crippen LogP contribution is -2.70. The number of fused-ring (bicyclic) bond motifs is 4. The van der Waals surface area contributed by atoms with E-state index in [-0.39, 0.29) is 7.92 Å². The molecule has 3 heterocycles. The summed E-state index contributed by atoms with van der Waals surface area (Å²) < 4.78 is 0. The van der Waals surface area contributed by atoms with Crippen molar-refractivity contribution in [2.24, 2.45) is 5.92 Å². The molecule has 3 aliphatic carbocycles. The summed E-state index contributed by atoms with van der Waals surface area (Å²) in [7, 11) is 0.127. The van der Waals surface area contributed by atoms with Crippen LogP contribution < -0.4 is 4.90 Å². The highest BCUT2D eigenvalue weighted by molar-refractivity contribution is 7.60. The van der Waals surface area contributed by atoms with Crippen LogP contribution in [0.15, 0.2) is 41.6 Å². The highest BCUT2D eigenvalue weighted by Gasteiger charge is 2.63. The van der Waals surface area contributed by atoms with E-state index in [0.717, 1.165) is 47.1 Å². The van der Waals surface area contributed by atoms with Gasteiger partial charge in [-0.1, -0.05) is 45.4 Å². The fourth-order valence-electron chi connectivity index (χ4n) is 9.32. The second-order valence-corrected chi connectivity index (χ2v) is 14.3. The zero-order chi connectivity index (χ0) is 20.7. The largest absolute Gasteiger partial charge is 0.367 e. The van der Waals surface area contributed by atoms with E-state index < -0.39 is 0 Å². The number of hydrogen-bond acceptors (Lipinski definition) is 2. The third-order valence-corrected chi connectivity index (χ3v) is 14.5. The lowest BCUT2D eigenvalue weighted by atomic mass is 9.79. The molecule has 5 fully saturated rings. The van der Waals surface area contributed by atoms with Gasteiger partial charge in [0.05, 0.1) is 0 Å². The topological polar surface area (TPSA) is 6.48 Å². The van der Waals surface area contributed by atoms with E-state index in [0.29, 0.717) is 0 Å². The first-order valence-electron chi connectivity index (χ1n) is 13.3. The van der Waals surface area contributed by atoms with E-state index in [9.17, 15) is 0 Å². The molecular formula is C28H39N2P. The fraction of sp³-hybridized carbons (Fsp3) is 0.714. The van der Waals surface area contributed by atoms with Gasteiger partial charge in [-0.2, -0.15) is 0 Å². The molecule has 6 aliphatic rings. The first-order valence-corrected chi connectivity index (χ1v) is 14.9. The first-order chi connectivity index (χ1) is 15.3. The molecule has 0 radical (unpaired) electrons. The second-order valence-electron chi connectivity index (χ2n) is 11.4. The lowest BCUT2D eigenvalue weighted by Gasteiger charge is -2.68. The van der Waals surface area contributed by atoms with Crippen molar-refractivity contribution in [2.45, 2.75) is 119 Å². The van der Waals surface area contributed by atoms with E-state index in [1.807, 2.05) is 0 Å². The van der Waals surface area contributed by atoms with Crippen molar-refractivity contribution in [2.75, 3.05) is 4.90 Å². The van der Waals surface area contributed by atoms with Gasteiger partial charge in [-0.05, 0) is 76.5 Å². The summed E-state index contributed by atoms with van der Waals surface area (Å²) in [6.45, 7) is 4.99. The summed E-state index contributed by atoms with van der Waals surface area (Å²) in [6, 6.07) is 15.0. The van der Waals surface area contributed by atoms with Crippen molar-refractivity contribution in [3.05, 3.63) is 41.6 Å². The summed E-state index contributed by atoms with van der Waals surface area (Å²) in [4.78, 5) is 6.08. The third kappa shape index (κ3) is 2.61. The average Bonchev–Trinajstić information content (AvgIpc) is 3.08. The molecule has 1 aromatic rings. The van der Waals surface area contributed by atoms with Crippen molar-refractivity contribution in [1.82, 2.24) is 4.90 Å². The molecule has 0 spiro atoms. The minimum absolute atomic E-state index is 0.127. The Hall–Kier alpha value is -1.01. The van der Waals surface area contributed by atoms with Crippen LogP contribution in [-0.2, 0) is 0 Å². The molecule has 9 unspecified atom stereocenters. The van der Waals surface area contributed by atoms with E-state index in [1.165, 1.54) is 69.9 Å². The molecule has 0 bridgehead atoms. The molecule has 2 nitrogen and oxygen atoms in total. The van der Waals surface area contributed by atoms with Crippen LogP contribution >= 0.6 is 7.92 Å². The van der Waals surface area contributed by atoms with Crippen LogP contribution in [0.3, 0.4) is 0 Å². The van der Waals surface area contributed by atoms with Crippen molar-refractivity contribution >= 4 is 13.6 Å². The average molecular weight is 435 g/mol. The maximum atomic E-state index is 3.06. The number of allylic oxidation sites excluding steroid dienone is 1. The van der Waals surface area contributed by atoms with Gasteiger partial charge in [0.15, 0.2) is 0 Å². The van der Waals surface area contributed by atoms with Gasteiger partial charge in [0, 0.05) is 58.4 Å². The molecule has 0 N–H and O–H groups in total. The molecule has 1 aromatic carbocycles. The Morgan fingerprint density at radius 1 is 0.710 bits per heavy atom. The molecule has 0 amide bonds. The molecule has 3 heteroatoms. The third-order valence-electron chi connectivity index (χ3n) is 10.4. The fourth-order valence-corrected chi connectivity index (χ4v) is 14.4. The van der Waals surface area contributed by atoms with Crippen molar-refractivity contribution in [3.63, 3.8) is 0 Å². The molecule has 9 atom stereocenters. The highest BCUT2D eigenvalue weighted by atomic mass is 31.1. The number of benzene rings is 1. The van der Waals surface area contributed by atoms with Gasteiger partial charge >= 0.3 is 0 Å². The minimum Gasteiger partial charge on any atom is -0.367 e. The Balaban J connectivity index is 1.38. The Kier molecular flexibility index (Phi) is 4.55. The predicted octanol–water partition coefficient (Wildman–Crippen LogP) is 6.75. The number of nitrogens with zero attached hydrogens (tertiary/aromatic N) is 2. The molecule has 31 heavy (non-hydrogen) atoms. The second kappa shape index (κ2) is 7.24. The van der Waals surface area contributed by atoms with Gasteiger partial charge in [0.2, 0.25) is 0 Å². The summed E-state index contributed by atoms with van der Waals surface area (Å²) in [5.74, 6) is 0.886. The molecular weight excluding hydrogens is 395 g/mol. The normalized spacial score (nSPS) is 45.8. The first kappa shape index (κ1) is 19.5. The number of anilines is 1. The van der Waals surface area contributed by atoms with Crippen LogP contribution in [0.4, 0.5) is 5.69 Å². The maximum absolute atomic E-state index is 3.06. The number of hydrogen-bond donors (Lipinski definition) is 0. The quantitative estimate of drug-likeness (QED) is 0.451. The van der Waals surface area contributed by atoms with Crippen LogP contribution in [0.25, 0.3) is 0 Å². The smallest absolute Gasteiger partial charge is 0.0423 e. The lowest BCUT2D eigenvalue weighted by molar-refractivity contribution is 0.0920. The van der Waals surface area contributed by atoms with Gasteiger partial charge in [0.1, 0.15) is 0 Å². The molecule has 0 aromatic heterocycles. The van der Waals surface area contributed by atoms with E-state index >= 15 is 0 Å². The van der Waals surface area contributed by atoms with Crippen LogP contribution in [-0.4, -0.2) is 46.0 Å². The standard InChI is InChI=1S/C28H39N2P/c1-18-19(2)29-23-14-9-15-24-28(23)31(26-17-8-12-21(18)27(26)29)25-16-7-6-13-22(25)30(24)20-10-4-3-5-11-20/h3-5,10-11,21-28H,6-9,12-17H2,1-2H3. The molecule has 2 saturated heterocycles. The SMILES string of the molecule is CC1=C(C)N2C3CCCC4C3P(C3CCCC1C32)C1CCCCC1N4c1ccccc1. The van der Waals surface area contributed by atoms with Crippen LogP contribution in [0.2, 0.25) is 0 Å². The minimum atomic E-state index is 0.127. The summed E-state index contributed by atoms with van der Waals surface area (Å²) >= 11 is 0. The van der Waals surface area contributed by atoms with Crippen LogP contribution in [0.5, 0.6) is 0 Å². The van der Waals surface area contributed by atoms with E-state index in [4.69, 9.17) is 0 Å². The highest BCUT2D eigenvalue weighted by Crippen LogP contribution is 2.71. The van der Waals surface area contributed by atoms with Gasteiger partial charge in [-0.15, -0.1) is 0 Å². The predicted molar refractivity (Wildman–Crippen MR) is 132 cm³/mol. The Morgan fingerprint density at radius 2 is 1.39 bits per heavy atom. The Bertz CT molecular complexity index is 880. The maximum Gasteiger partial charge on any atom is 0.0423 e. The van der Waals surface area contributed by atoms with Gasteiger partial charge < -0.3 is 9.80 Å². The summed E-state index contributed by atoms with van der Waals surface area (Å²) in [5.41, 5.74) is 7.97.